The summed E-state index contributed by atoms with van der Waals surface area (Å²) >= 11 is 5.82. The highest BCUT2D eigenvalue weighted by molar-refractivity contribution is 6.31. The lowest BCUT2D eigenvalue weighted by atomic mass is 10.1. The highest BCUT2D eigenvalue weighted by Gasteiger charge is 2.36. The predicted octanol–water partition coefficient (Wildman–Crippen LogP) is 1.88. The van der Waals surface area contributed by atoms with Crippen molar-refractivity contribution < 1.29 is 29.0 Å². The van der Waals surface area contributed by atoms with Gasteiger partial charge in [-0.15, -0.1) is 0 Å². The first kappa shape index (κ1) is 21.3. The van der Waals surface area contributed by atoms with Crippen molar-refractivity contribution in [3.63, 3.8) is 0 Å². The number of nitrogens with zero attached hydrogens (tertiary/aromatic N) is 1. The number of methoxy groups -OCH3 is 2. The van der Waals surface area contributed by atoms with E-state index in [0.29, 0.717) is 17.2 Å². The van der Waals surface area contributed by atoms with Crippen molar-refractivity contribution in [2.75, 3.05) is 25.7 Å². The van der Waals surface area contributed by atoms with E-state index in [-0.39, 0.29) is 35.2 Å². The SMILES string of the molecule is COc1ccc(OC)c(N2CC(C(=O)NNC(=O)c3cc(Cl)ccc3O)CC2=O)c1. The number of hydrazine groups is 1. The Balaban J connectivity index is 1.67. The van der Waals surface area contributed by atoms with E-state index in [1.165, 1.54) is 37.3 Å². The molecule has 3 amide bonds. The Labute approximate surface area is 177 Å². The third kappa shape index (κ3) is 4.41. The van der Waals surface area contributed by atoms with Crippen molar-refractivity contribution >= 4 is 35.0 Å². The molecule has 1 atom stereocenters. The van der Waals surface area contributed by atoms with Gasteiger partial charge >= 0.3 is 0 Å². The fourth-order valence-electron chi connectivity index (χ4n) is 3.10. The van der Waals surface area contributed by atoms with E-state index in [4.69, 9.17) is 21.1 Å². The van der Waals surface area contributed by atoms with Gasteiger partial charge in [0.15, 0.2) is 0 Å². The van der Waals surface area contributed by atoms with Gasteiger partial charge in [0.2, 0.25) is 11.8 Å². The molecule has 0 bridgehead atoms. The summed E-state index contributed by atoms with van der Waals surface area (Å²) < 4.78 is 10.5. The van der Waals surface area contributed by atoms with Gasteiger partial charge in [-0.3, -0.25) is 25.2 Å². The van der Waals surface area contributed by atoms with Gasteiger partial charge in [-0.1, -0.05) is 11.6 Å². The maximum atomic E-state index is 12.5. The fraction of sp³-hybridized carbons (Fsp3) is 0.250. The van der Waals surface area contributed by atoms with Crippen LogP contribution in [0, 0.1) is 5.92 Å². The number of nitrogens with one attached hydrogen (secondary N) is 2. The summed E-state index contributed by atoms with van der Waals surface area (Å²) in [5.41, 5.74) is 4.91. The zero-order valence-corrected chi connectivity index (χ0v) is 17.0. The van der Waals surface area contributed by atoms with Crippen LogP contribution in [-0.2, 0) is 9.59 Å². The van der Waals surface area contributed by atoms with E-state index in [1.54, 1.807) is 18.2 Å². The molecule has 2 aromatic rings. The van der Waals surface area contributed by atoms with E-state index >= 15 is 0 Å². The number of amides is 3. The molecular formula is C20H20ClN3O6. The number of benzene rings is 2. The van der Waals surface area contributed by atoms with E-state index in [0.717, 1.165) is 0 Å². The second-order valence-electron chi connectivity index (χ2n) is 6.55. The minimum absolute atomic E-state index is 0.0372. The van der Waals surface area contributed by atoms with Gasteiger partial charge in [0, 0.05) is 24.1 Å². The Kier molecular flexibility index (Phi) is 6.31. The van der Waals surface area contributed by atoms with Crippen LogP contribution in [0.2, 0.25) is 5.02 Å². The number of ether oxygens (including phenoxy) is 2. The molecule has 1 unspecified atom stereocenters. The molecule has 1 aliphatic heterocycles. The maximum Gasteiger partial charge on any atom is 0.273 e. The summed E-state index contributed by atoms with van der Waals surface area (Å²) in [6, 6.07) is 9.00. The molecule has 2 aromatic carbocycles. The Morgan fingerprint density at radius 3 is 2.60 bits per heavy atom. The Bertz CT molecular complexity index is 997. The molecule has 0 saturated carbocycles. The molecule has 1 fully saturated rings. The largest absolute Gasteiger partial charge is 0.507 e. The number of phenols is 1. The number of halogens is 1. The zero-order chi connectivity index (χ0) is 21.8. The first-order chi connectivity index (χ1) is 14.3. The molecular weight excluding hydrogens is 414 g/mol. The molecule has 1 aliphatic rings. The van der Waals surface area contributed by atoms with Crippen molar-refractivity contribution in [1.29, 1.82) is 0 Å². The minimum Gasteiger partial charge on any atom is -0.507 e. The average Bonchev–Trinajstić information content (AvgIpc) is 3.14. The van der Waals surface area contributed by atoms with Crippen LogP contribution in [0.25, 0.3) is 0 Å². The molecule has 10 heteroatoms. The lowest BCUT2D eigenvalue weighted by molar-refractivity contribution is -0.126. The van der Waals surface area contributed by atoms with Gasteiger partial charge in [-0.25, -0.2) is 0 Å². The van der Waals surface area contributed by atoms with Crippen LogP contribution in [0.4, 0.5) is 5.69 Å². The molecule has 0 radical (unpaired) electrons. The molecule has 0 aromatic heterocycles. The van der Waals surface area contributed by atoms with Crippen molar-refractivity contribution in [3.05, 3.63) is 47.0 Å². The predicted molar refractivity (Wildman–Crippen MR) is 109 cm³/mol. The third-order valence-electron chi connectivity index (χ3n) is 4.68. The highest BCUT2D eigenvalue weighted by Crippen LogP contribution is 2.36. The van der Waals surface area contributed by atoms with Crippen molar-refractivity contribution in [3.8, 4) is 17.2 Å². The number of carbonyl (C=O) groups excluding carboxylic acids is 3. The quantitative estimate of drug-likeness (QED) is 0.620. The van der Waals surface area contributed by atoms with E-state index in [9.17, 15) is 19.5 Å². The van der Waals surface area contributed by atoms with Crippen LogP contribution in [0.15, 0.2) is 36.4 Å². The van der Waals surface area contributed by atoms with Crippen LogP contribution in [-0.4, -0.2) is 43.6 Å². The van der Waals surface area contributed by atoms with Crippen molar-refractivity contribution in [2.45, 2.75) is 6.42 Å². The number of rotatable bonds is 5. The number of phenolic OH excluding ortho intramolecular Hbond substituents is 1. The smallest absolute Gasteiger partial charge is 0.273 e. The molecule has 1 heterocycles. The standard InChI is InChI=1S/C20H20ClN3O6/c1-29-13-4-6-17(30-2)15(9-13)24-10-11(7-18(24)26)19(27)22-23-20(28)14-8-12(21)3-5-16(14)25/h3-6,8-9,11,25H,7,10H2,1-2H3,(H,22,27)(H,23,28). The normalized spacial score (nSPS) is 15.6. The van der Waals surface area contributed by atoms with Gasteiger partial charge in [0.05, 0.1) is 31.4 Å². The second-order valence-corrected chi connectivity index (χ2v) is 6.98. The molecule has 0 aliphatic carbocycles. The van der Waals surface area contributed by atoms with Crippen LogP contribution in [0.3, 0.4) is 0 Å². The molecule has 1 saturated heterocycles. The van der Waals surface area contributed by atoms with Crippen LogP contribution >= 0.6 is 11.6 Å². The van der Waals surface area contributed by atoms with E-state index in [1.807, 2.05) is 0 Å². The summed E-state index contributed by atoms with van der Waals surface area (Å²) in [6.07, 6.45) is -0.0372. The van der Waals surface area contributed by atoms with Gasteiger partial charge in [0.1, 0.15) is 17.2 Å². The lowest BCUT2D eigenvalue weighted by Gasteiger charge is -2.20. The lowest BCUT2D eigenvalue weighted by Crippen LogP contribution is -2.45. The Morgan fingerprint density at radius 2 is 1.90 bits per heavy atom. The van der Waals surface area contributed by atoms with Gasteiger partial charge in [0.25, 0.3) is 5.91 Å². The number of hydrogen-bond acceptors (Lipinski definition) is 6. The highest BCUT2D eigenvalue weighted by atomic mass is 35.5. The Hall–Kier alpha value is -3.46. The van der Waals surface area contributed by atoms with Crippen LogP contribution in [0.1, 0.15) is 16.8 Å². The van der Waals surface area contributed by atoms with Gasteiger partial charge in [-0.2, -0.15) is 0 Å². The summed E-state index contributed by atoms with van der Waals surface area (Å²) in [6.45, 7) is 0.104. The van der Waals surface area contributed by atoms with Gasteiger partial charge < -0.3 is 19.5 Å². The topological polar surface area (TPSA) is 117 Å². The molecule has 0 spiro atoms. The maximum absolute atomic E-state index is 12.5. The number of aromatic hydroxyl groups is 1. The number of carbonyl (C=O) groups is 3. The first-order valence-electron chi connectivity index (χ1n) is 8.95. The van der Waals surface area contributed by atoms with Crippen LogP contribution < -0.4 is 25.2 Å². The summed E-state index contributed by atoms with van der Waals surface area (Å²) in [5.74, 6) is -1.50. The number of anilines is 1. The zero-order valence-electron chi connectivity index (χ0n) is 16.3. The second kappa shape index (κ2) is 8.91. The molecule has 9 nitrogen and oxygen atoms in total. The third-order valence-corrected chi connectivity index (χ3v) is 4.91. The van der Waals surface area contributed by atoms with Crippen molar-refractivity contribution in [2.24, 2.45) is 5.92 Å². The summed E-state index contributed by atoms with van der Waals surface area (Å²) in [5, 5.41) is 10.0. The van der Waals surface area contributed by atoms with Crippen LogP contribution in [0.5, 0.6) is 17.2 Å². The fourth-order valence-corrected chi connectivity index (χ4v) is 3.27. The minimum atomic E-state index is -0.737. The molecule has 158 valence electrons. The molecule has 3 N–H and O–H groups in total. The van der Waals surface area contributed by atoms with Gasteiger partial charge in [-0.05, 0) is 30.3 Å². The summed E-state index contributed by atoms with van der Waals surface area (Å²) in [4.78, 5) is 38.6. The number of hydrogen-bond donors (Lipinski definition) is 3. The van der Waals surface area contributed by atoms with E-state index < -0.39 is 17.7 Å². The summed E-state index contributed by atoms with van der Waals surface area (Å²) in [7, 11) is 2.99. The first-order valence-corrected chi connectivity index (χ1v) is 9.33. The Morgan fingerprint density at radius 1 is 1.13 bits per heavy atom. The molecule has 30 heavy (non-hydrogen) atoms. The molecule has 3 rings (SSSR count). The van der Waals surface area contributed by atoms with E-state index in [2.05, 4.69) is 10.9 Å². The monoisotopic (exact) mass is 433 g/mol. The van der Waals surface area contributed by atoms with Crippen molar-refractivity contribution in [1.82, 2.24) is 10.9 Å². The average molecular weight is 434 g/mol.